The summed E-state index contributed by atoms with van der Waals surface area (Å²) in [6, 6.07) is 13.6. The number of benzene rings is 2. The van der Waals surface area contributed by atoms with Gasteiger partial charge in [0, 0.05) is 38.3 Å². The van der Waals surface area contributed by atoms with Crippen LogP contribution in [-0.4, -0.2) is 67.3 Å². The maximum atomic E-state index is 13.0. The van der Waals surface area contributed by atoms with Crippen LogP contribution in [-0.2, 0) is 0 Å². The summed E-state index contributed by atoms with van der Waals surface area (Å²) in [6.45, 7) is 5.84. The molecule has 0 bridgehead atoms. The first kappa shape index (κ1) is 29.4. The van der Waals surface area contributed by atoms with E-state index in [0.717, 1.165) is 69.5 Å². The number of ether oxygens (including phenoxy) is 1. The maximum Gasteiger partial charge on any atom is 0.257 e. The third kappa shape index (κ3) is 7.52. The van der Waals surface area contributed by atoms with E-state index < -0.39 is 17.5 Å². The number of nitrogens with zero attached hydrogens (tertiary/aromatic N) is 3. The molecule has 0 amide bonds. The number of halogens is 2. The molecule has 210 valence electrons. The van der Waals surface area contributed by atoms with E-state index in [2.05, 4.69) is 9.80 Å². The molecule has 2 heterocycles. The van der Waals surface area contributed by atoms with Crippen molar-refractivity contribution in [2.75, 3.05) is 50.8 Å². The van der Waals surface area contributed by atoms with Gasteiger partial charge in [-0.1, -0.05) is 35.7 Å². The van der Waals surface area contributed by atoms with Crippen LogP contribution in [0.4, 0.5) is 5.69 Å². The minimum atomic E-state index is -0.756. The number of carbonyl (C=O) groups is 1. The number of unbranched alkanes of at least 4 members (excludes halogenated alkanes) is 2. The molecule has 4 rings (SSSR count). The van der Waals surface area contributed by atoms with E-state index in [4.69, 9.17) is 39.4 Å². The summed E-state index contributed by atoms with van der Waals surface area (Å²) in [5.41, 5.74) is 12.8. The summed E-state index contributed by atoms with van der Waals surface area (Å²) in [4.78, 5) is 30.4. The molecular weight excluding hydrogens is 537 g/mol. The van der Waals surface area contributed by atoms with Gasteiger partial charge in [-0.05, 0) is 74.5 Å². The van der Waals surface area contributed by atoms with Crippen molar-refractivity contribution in [2.24, 2.45) is 11.5 Å². The first-order valence-corrected chi connectivity index (χ1v) is 14.3. The van der Waals surface area contributed by atoms with E-state index in [-0.39, 0.29) is 0 Å². The van der Waals surface area contributed by atoms with Gasteiger partial charge in [0.05, 0.1) is 33.9 Å². The van der Waals surface area contributed by atoms with Crippen molar-refractivity contribution in [3.8, 4) is 5.75 Å². The van der Waals surface area contributed by atoms with Gasteiger partial charge in [0.15, 0.2) is 0 Å². The van der Waals surface area contributed by atoms with E-state index >= 15 is 0 Å². The molecule has 1 unspecified atom stereocenters. The van der Waals surface area contributed by atoms with E-state index in [0.29, 0.717) is 40.9 Å². The molecule has 1 atom stereocenters. The zero-order valence-electron chi connectivity index (χ0n) is 22.2. The number of aromatic nitrogens is 1. The largest absolute Gasteiger partial charge is 0.494 e. The maximum absolute atomic E-state index is 13.0. The van der Waals surface area contributed by atoms with Gasteiger partial charge in [-0.15, -0.1) is 0 Å². The quantitative estimate of drug-likeness (QED) is 0.309. The normalized spacial score (nSPS) is 15.0. The topological polar surface area (TPSA) is 107 Å². The number of rotatable bonds is 12. The average Bonchev–Trinajstić information content (AvgIpc) is 2.94. The van der Waals surface area contributed by atoms with Crippen LogP contribution in [0.3, 0.4) is 0 Å². The molecule has 0 spiro atoms. The number of pyridine rings is 1. The Kier molecular flexibility index (Phi) is 10.6. The van der Waals surface area contributed by atoms with Crippen molar-refractivity contribution in [3.63, 3.8) is 0 Å². The van der Waals surface area contributed by atoms with Crippen molar-refractivity contribution < 1.29 is 9.53 Å². The fourth-order valence-electron chi connectivity index (χ4n) is 4.90. The Bertz CT molecular complexity index is 1320. The fourth-order valence-corrected chi connectivity index (χ4v) is 5.32. The second kappa shape index (κ2) is 14.1. The standard InChI is InChI=1S/C29H37Cl2N5O3/c30-23-6-5-8-25(28(23)31)35-17-15-34(16-18-35)14-3-4-19-39-22-11-9-21-10-12-27(37)36(26(21)20-22)29(38)24(33)7-1-2-13-32/h5-6,8-12,20,24H,1-4,7,13-19,32-33H2. The highest BCUT2D eigenvalue weighted by molar-refractivity contribution is 6.43. The van der Waals surface area contributed by atoms with Crippen LogP contribution in [0.25, 0.3) is 10.9 Å². The van der Waals surface area contributed by atoms with Gasteiger partial charge in [-0.3, -0.25) is 14.5 Å². The van der Waals surface area contributed by atoms with E-state index in [1.54, 1.807) is 12.1 Å². The van der Waals surface area contributed by atoms with Crippen molar-refractivity contribution in [2.45, 2.75) is 38.1 Å². The zero-order valence-corrected chi connectivity index (χ0v) is 23.7. The molecule has 4 N–H and O–H groups in total. The van der Waals surface area contributed by atoms with Gasteiger partial charge in [0.25, 0.3) is 11.5 Å². The monoisotopic (exact) mass is 573 g/mol. The molecule has 8 nitrogen and oxygen atoms in total. The SMILES string of the molecule is NCCCCC(N)C(=O)n1c(=O)ccc2ccc(OCCCCN3CCN(c4cccc(Cl)c4Cl)CC3)cc21. The second-order valence-corrected chi connectivity index (χ2v) is 10.7. The summed E-state index contributed by atoms with van der Waals surface area (Å²) in [5.74, 6) is 0.218. The predicted molar refractivity (Wildman–Crippen MR) is 160 cm³/mol. The number of carbonyl (C=O) groups excluding carboxylic acids is 1. The number of piperazine rings is 1. The highest BCUT2D eigenvalue weighted by Crippen LogP contribution is 2.32. The van der Waals surface area contributed by atoms with Gasteiger partial charge in [-0.2, -0.15) is 0 Å². The lowest BCUT2D eigenvalue weighted by Gasteiger charge is -2.36. The number of hydrogen-bond acceptors (Lipinski definition) is 7. The lowest BCUT2D eigenvalue weighted by molar-refractivity contribution is 0.0875. The number of nitrogens with two attached hydrogens (primary N) is 2. The predicted octanol–water partition coefficient (Wildman–Crippen LogP) is 4.39. The Balaban J connectivity index is 1.26. The van der Waals surface area contributed by atoms with Crippen molar-refractivity contribution >= 4 is 45.7 Å². The number of hydrogen-bond donors (Lipinski definition) is 2. The summed E-state index contributed by atoms with van der Waals surface area (Å²) in [6.07, 6.45) is 3.91. The minimum Gasteiger partial charge on any atom is -0.494 e. The number of fused-ring (bicyclic) bond motifs is 1. The molecule has 1 aromatic heterocycles. The highest BCUT2D eigenvalue weighted by Gasteiger charge is 2.20. The Morgan fingerprint density at radius 1 is 0.974 bits per heavy atom. The molecule has 10 heteroatoms. The van der Waals surface area contributed by atoms with E-state index in [1.165, 1.54) is 10.6 Å². The fraction of sp³-hybridized carbons (Fsp3) is 0.448. The summed E-state index contributed by atoms with van der Waals surface area (Å²) < 4.78 is 7.16. The van der Waals surface area contributed by atoms with Gasteiger partial charge in [0.2, 0.25) is 0 Å². The second-order valence-electron chi connectivity index (χ2n) is 9.91. The molecule has 2 aromatic carbocycles. The van der Waals surface area contributed by atoms with E-state index in [1.807, 2.05) is 30.3 Å². The minimum absolute atomic E-state index is 0.392. The van der Waals surface area contributed by atoms with Crippen LogP contribution in [0, 0.1) is 0 Å². The Hall–Kier alpha value is -2.62. The summed E-state index contributed by atoms with van der Waals surface area (Å²) in [5, 5.41) is 1.98. The molecule has 1 fully saturated rings. The van der Waals surface area contributed by atoms with Gasteiger partial charge in [0.1, 0.15) is 5.75 Å². The van der Waals surface area contributed by atoms with Crippen molar-refractivity contribution in [3.05, 3.63) is 68.9 Å². The molecule has 1 saturated heterocycles. The smallest absolute Gasteiger partial charge is 0.257 e. The van der Waals surface area contributed by atoms with Crippen LogP contribution < -0.4 is 26.7 Å². The van der Waals surface area contributed by atoms with Crippen molar-refractivity contribution in [1.29, 1.82) is 0 Å². The molecule has 1 aliphatic rings. The van der Waals surface area contributed by atoms with Crippen LogP contribution in [0.5, 0.6) is 5.75 Å². The molecule has 3 aromatic rings. The van der Waals surface area contributed by atoms with Crippen LogP contribution in [0.1, 0.15) is 36.9 Å². The van der Waals surface area contributed by atoms with E-state index in [9.17, 15) is 9.59 Å². The molecule has 0 aliphatic carbocycles. The third-order valence-electron chi connectivity index (χ3n) is 7.16. The highest BCUT2D eigenvalue weighted by atomic mass is 35.5. The summed E-state index contributed by atoms with van der Waals surface area (Å²) in [7, 11) is 0. The van der Waals surface area contributed by atoms with Gasteiger partial charge in [-0.25, -0.2) is 4.57 Å². The average molecular weight is 575 g/mol. The van der Waals surface area contributed by atoms with Crippen LogP contribution >= 0.6 is 23.2 Å². The zero-order chi connectivity index (χ0) is 27.8. The Labute approximate surface area is 239 Å². The molecule has 0 radical (unpaired) electrons. The van der Waals surface area contributed by atoms with Crippen molar-refractivity contribution in [1.82, 2.24) is 9.47 Å². The Morgan fingerprint density at radius 3 is 2.51 bits per heavy atom. The lowest BCUT2D eigenvalue weighted by atomic mass is 10.1. The van der Waals surface area contributed by atoms with Crippen LogP contribution in [0.2, 0.25) is 10.0 Å². The van der Waals surface area contributed by atoms with Gasteiger partial charge >= 0.3 is 0 Å². The molecule has 1 aliphatic heterocycles. The lowest BCUT2D eigenvalue weighted by Crippen LogP contribution is -2.46. The molecular formula is C29H37Cl2N5O3. The van der Waals surface area contributed by atoms with Crippen LogP contribution in [0.15, 0.2) is 53.3 Å². The molecule has 0 saturated carbocycles. The van der Waals surface area contributed by atoms with Gasteiger partial charge < -0.3 is 21.1 Å². The first-order valence-electron chi connectivity index (χ1n) is 13.6. The first-order chi connectivity index (χ1) is 18.9. The summed E-state index contributed by atoms with van der Waals surface area (Å²) >= 11 is 12.6. The Morgan fingerprint density at radius 2 is 1.74 bits per heavy atom. The number of anilines is 1. The molecule has 39 heavy (non-hydrogen) atoms. The third-order valence-corrected chi connectivity index (χ3v) is 7.97.